The lowest BCUT2D eigenvalue weighted by atomic mass is 9.87. The standard InChI is InChI=1S/C18H19FO3/c1-2-21-18(20)10-13-9-12-5-3-4-6-16(12)22-17-11-14(19)7-8-15(13)17/h3,5,7-8,11,13H,2,4,6,9-10H2,1H3. The Morgan fingerprint density at radius 1 is 1.45 bits per heavy atom. The SMILES string of the molecule is CCOC(=O)CC1CC2=C(CCC=C2)Oc2cc(F)ccc21. The summed E-state index contributed by atoms with van der Waals surface area (Å²) < 4.78 is 24.6. The molecule has 0 radical (unpaired) electrons. The lowest BCUT2D eigenvalue weighted by Gasteiger charge is -2.16. The predicted octanol–water partition coefficient (Wildman–Crippen LogP) is 4.25. The highest BCUT2D eigenvalue weighted by Gasteiger charge is 2.27. The van der Waals surface area contributed by atoms with E-state index in [1.807, 2.05) is 0 Å². The second kappa shape index (κ2) is 6.34. The van der Waals surface area contributed by atoms with Crippen molar-refractivity contribution in [3.05, 3.63) is 53.1 Å². The van der Waals surface area contributed by atoms with E-state index in [2.05, 4.69) is 12.2 Å². The van der Waals surface area contributed by atoms with Crippen LogP contribution < -0.4 is 4.74 Å². The fraction of sp³-hybridized carbons (Fsp3) is 0.389. The third kappa shape index (κ3) is 3.06. The molecule has 3 nitrogen and oxygen atoms in total. The predicted molar refractivity (Wildman–Crippen MR) is 81.0 cm³/mol. The highest BCUT2D eigenvalue weighted by Crippen LogP contribution is 2.41. The summed E-state index contributed by atoms with van der Waals surface area (Å²) in [7, 11) is 0. The zero-order chi connectivity index (χ0) is 15.5. The Bertz CT molecular complexity index is 646. The number of esters is 1. The van der Waals surface area contributed by atoms with Gasteiger partial charge in [0.1, 0.15) is 17.3 Å². The molecule has 0 amide bonds. The first-order chi connectivity index (χ1) is 10.7. The molecule has 0 fully saturated rings. The Morgan fingerprint density at radius 2 is 2.32 bits per heavy atom. The molecule has 1 aromatic rings. The highest BCUT2D eigenvalue weighted by molar-refractivity contribution is 5.71. The van der Waals surface area contributed by atoms with Gasteiger partial charge < -0.3 is 9.47 Å². The monoisotopic (exact) mass is 302 g/mol. The number of allylic oxidation sites excluding steroid dienone is 4. The highest BCUT2D eigenvalue weighted by atomic mass is 19.1. The topological polar surface area (TPSA) is 35.5 Å². The van der Waals surface area contributed by atoms with Crippen molar-refractivity contribution < 1.29 is 18.7 Å². The maximum atomic E-state index is 13.6. The van der Waals surface area contributed by atoms with Gasteiger partial charge in [0.25, 0.3) is 0 Å². The first kappa shape index (κ1) is 14.8. The van der Waals surface area contributed by atoms with Crippen LogP contribution in [0.3, 0.4) is 0 Å². The molecule has 3 rings (SSSR count). The van der Waals surface area contributed by atoms with Crippen LogP contribution in [0.2, 0.25) is 0 Å². The second-order valence-corrected chi connectivity index (χ2v) is 5.58. The van der Waals surface area contributed by atoms with Gasteiger partial charge in [-0.15, -0.1) is 0 Å². The van der Waals surface area contributed by atoms with E-state index < -0.39 is 0 Å². The van der Waals surface area contributed by atoms with Gasteiger partial charge in [0, 0.05) is 18.4 Å². The molecule has 0 saturated carbocycles. The van der Waals surface area contributed by atoms with Crippen LogP contribution in [0.1, 0.15) is 44.1 Å². The van der Waals surface area contributed by atoms with Crippen LogP contribution in [-0.2, 0) is 9.53 Å². The van der Waals surface area contributed by atoms with Gasteiger partial charge in [-0.1, -0.05) is 18.2 Å². The Morgan fingerprint density at radius 3 is 3.14 bits per heavy atom. The molecule has 1 atom stereocenters. The fourth-order valence-electron chi connectivity index (χ4n) is 3.04. The number of carbonyl (C=O) groups is 1. The number of halogens is 1. The summed E-state index contributed by atoms with van der Waals surface area (Å²) in [6, 6.07) is 4.54. The summed E-state index contributed by atoms with van der Waals surface area (Å²) in [5, 5.41) is 0. The maximum absolute atomic E-state index is 13.6. The van der Waals surface area contributed by atoms with Gasteiger partial charge in [0.2, 0.25) is 0 Å². The van der Waals surface area contributed by atoms with E-state index in [0.29, 0.717) is 18.8 Å². The number of hydrogen-bond donors (Lipinski definition) is 0. The van der Waals surface area contributed by atoms with Gasteiger partial charge in [-0.2, -0.15) is 0 Å². The Balaban J connectivity index is 1.96. The molecular formula is C18H19FO3. The molecule has 1 aromatic carbocycles. The summed E-state index contributed by atoms with van der Waals surface area (Å²) in [6.45, 7) is 2.16. The van der Waals surface area contributed by atoms with Crippen LogP contribution in [0.15, 0.2) is 41.7 Å². The molecule has 1 heterocycles. The van der Waals surface area contributed by atoms with Crippen molar-refractivity contribution in [2.24, 2.45) is 0 Å². The van der Waals surface area contributed by atoms with Gasteiger partial charge in [-0.25, -0.2) is 4.39 Å². The lowest BCUT2D eigenvalue weighted by Crippen LogP contribution is -2.11. The molecule has 1 aliphatic heterocycles. The quantitative estimate of drug-likeness (QED) is 0.783. The summed E-state index contributed by atoms with van der Waals surface area (Å²) in [5.41, 5.74) is 1.97. The Hall–Kier alpha value is -2.10. The van der Waals surface area contributed by atoms with Crippen LogP contribution in [0, 0.1) is 5.82 Å². The maximum Gasteiger partial charge on any atom is 0.306 e. The van der Waals surface area contributed by atoms with Crippen LogP contribution in [-0.4, -0.2) is 12.6 Å². The minimum atomic E-state index is -0.330. The van der Waals surface area contributed by atoms with Gasteiger partial charge in [-0.05, 0) is 37.0 Å². The van der Waals surface area contributed by atoms with Crippen molar-refractivity contribution in [2.45, 2.75) is 38.5 Å². The fourth-order valence-corrected chi connectivity index (χ4v) is 3.04. The minimum absolute atomic E-state index is 0.0510. The third-order valence-corrected chi connectivity index (χ3v) is 4.05. The number of ether oxygens (including phenoxy) is 2. The third-order valence-electron chi connectivity index (χ3n) is 4.05. The summed E-state index contributed by atoms with van der Waals surface area (Å²) in [4.78, 5) is 11.9. The summed E-state index contributed by atoms with van der Waals surface area (Å²) in [6.07, 6.45) is 6.89. The molecule has 116 valence electrons. The van der Waals surface area contributed by atoms with Crippen molar-refractivity contribution in [1.82, 2.24) is 0 Å². The van der Waals surface area contributed by atoms with Crippen molar-refractivity contribution >= 4 is 5.97 Å². The lowest BCUT2D eigenvalue weighted by molar-refractivity contribution is -0.143. The summed E-state index contributed by atoms with van der Waals surface area (Å²) in [5.74, 6) is 0.802. The molecule has 0 N–H and O–H groups in total. The van der Waals surface area contributed by atoms with Crippen LogP contribution in [0.25, 0.3) is 0 Å². The molecule has 4 heteroatoms. The number of hydrogen-bond acceptors (Lipinski definition) is 3. The van der Waals surface area contributed by atoms with Gasteiger partial charge in [-0.3, -0.25) is 4.79 Å². The summed E-state index contributed by atoms with van der Waals surface area (Å²) >= 11 is 0. The molecule has 0 saturated heterocycles. The number of carbonyl (C=O) groups excluding carboxylic acids is 1. The van der Waals surface area contributed by atoms with Crippen molar-refractivity contribution in [1.29, 1.82) is 0 Å². The minimum Gasteiger partial charge on any atom is -0.466 e. The zero-order valence-electron chi connectivity index (χ0n) is 12.6. The van der Waals surface area contributed by atoms with Crippen molar-refractivity contribution in [3.63, 3.8) is 0 Å². The van der Waals surface area contributed by atoms with Crippen molar-refractivity contribution in [2.75, 3.05) is 6.61 Å². The van der Waals surface area contributed by atoms with Crippen LogP contribution in [0.4, 0.5) is 4.39 Å². The zero-order valence-corrected chi connectivity index (χ0v) is 12.6. The second-order valence-electron chi connectivity index (χ2n) is 5.58. The molecule has 1 unspecified atom stereocenters. The normalized spacial score (nSPS) is 19.8. The molecule has 0 bridgehead atoms. The van der Waals surface area contributed by atoms with Crippen LogP contribution in [0.5, 0.6) is 5.75 Å². The average Bonchev–Trinajstić information content (AvgIpc) is 2.63. The van der Waals surface area contributed by atoms with E-state index >= 15 is 0 Å². The van der Waals surface area contributed by atoms with E-state index in [9.17, 15) is 9.18 Å². The van der Waals surface area contributed by atoms with Crippen LogP contribution >= 0.6 is 0 Å². The number of fused-ring (bicyclic) bond motifs is 1. The number of benzene rings is 1. The van der Waals surface area contributed by atoms with E-state index in [1.54, 1.807) is 13.0 Å². The van der Waals surface area contributed by atoms with Gasteiger partial charge >= 0.3 is 5.97 Å². The first-order valence-electron chi connectivity index (χ1n) is 7.69. The molecule has 22 heavy (non-hydrogen) atoms. The molecule has 0 aromatic heterocycles. The first-order valence-corrected chi connectivity index (χ1v) is 7.69. The average molecular weight is 302 g/mol. The Kier molecular flexibility index (Phi) is 4.27. The Labute approximate surface area is 129 Å². The van der Waals surface area contributed by atoms with E-state index in [0.717, 1.165) is 29.7 Å². The molecule has 0 spiro atoms. The van der Waals surface area contributed by atoms with Gasteiger partial charge in [0.15, 0.2) is 0 Å². The molecule has 2 aliphatic rings. The van der Waals surface area contributed by atoms with E-state index in [1.165, 1.54) is 12.1 Å². The van der Waals surface area contributed by atoms with E-state index in [-0.39, 0.29) is 24.1 Å². The molecule has 1 aliphatic carbocycles. The molecular weight excluding hydrogens is 283 g/mol. The van der Waals surface area contributed by atoms with Gasteiger partial charge in [0.05, 0.1) is 13.0 Å². The van der Waals surface area contributed by atoms with E-state index in [4.69, 9.17) is 9.47 Å². The largest absolute Gasteiger partial charge is 0.466 e. The smallest absolute Gasteiger partial charge is 0.306 e. The number of rotatable bonds is 3. The van der Waals surface area contributed by atoms with Crippen molar-refractivity contribution in [3.8, 4) is 5.75 Å².